The van der Waals surface area contributed by atoms with Gasteiger partial charge in [-0.15, -0.1) is 11.8 Å². The first-order valence-corrected chi connectivity index (χ1v) is 8.63. The van der Waals surface area contributed by atoms with Gasteiger partial charge in [0.2, 0.25) is 5.91 Å². The Hall–Kier alpha value is -2.41. The van der Waals surface area contributed by atoms with Gasteiger partial charge in [-0.05, 0) is 38.1 Å². The maximum absolute atomic E-state index is 13.7. The lowest BCUT2D eigenvalue weighted by Gasteiger charge is -2.11. The van der Waals surface area contributed by atoms with E-state index in [9.17, 15) is 18.4 Å². The van der Waals surface area contributed by atoms with Crippen LogP contribution in [0, 0.1) is 11.6 Å². The molecular formula is C18H18F2N2O2S. The van der Waals surface area contributed by atoms with Crippen molar-refractivity contribution in [3.05, 3.63) is 59.7 Å². The second kappa shape index (κ2) is 8.62. The molecule has 0 aliphatic rings. The number of thioether (sulfide) groups is 1. The molecule has 2 N–H and O–H groups in total. The SMILES string of the molecule is CC(C)NC(=O)CSc1ccccc1C(=O)Nc1ccc(F)cc1F. The molecule has 0 aromatic heterocycles. The number of hydrogen-bond acceptors (Lipinski definition) is 3. The number of amides is 2. The van der Waals surface area contributed by atoms with Gasteiger partial charge in [0.1, 0.15) is 11.6 Å². The molecule has 0 aliphatic carbocycles. The normalized spacial score (nSPS) is 10.6. The number of halogens is 2. The molecule has 2 rings (SSSR count). The number of carbonyl (C=O) groups is 2. The predicted octanol–water partition coefficient (Wildman–Crippen LogP) is 3.83. The van der Waals surface area contributed by atoms with Crippen molar-refractivity contribution < 1.29 is 18.4 Å². The first kappa shape index (κ1) is 18.9. The molecule has 7 heteroatoms. The lowest BCUT2D eigenvalue weighted by atomic mass is 10.2. The topological polar surface area (TPSA) is 58.2 Å². The predicted molar refractivity (Wildman–Crippen MR) is 94.8 cm³/mol. The van der Waals surface area contributed by atoms with Crippen LogP contribution in [-0.2, 0) is 4.79 Å². The summed E-state index contributed by atoms with van der Waals surface area (Å²) < 4.78 is 26.6. The fraction of sp³-hybridized carbons (Fsp3) is 0.222. The molecule has 0 fully saturated rings. The fourth-order valence-corrected chi connectivity index (χ4v) is 2.93. The number of benzene rings is 2. The van der Waals surface area contributed by atoms with E-state index < -0.39 is 17.5 Å². The van der Waals surface area contributed by atoms with Crippen molar-refractivity contribution in [1.82, 2.24) is 5.32 Å². The summed E-state index contributed by atoms with van der Waals surface area (Å²) in [4.78, 5) is 24.8. The lowest BCUT2D eigenvalue weighted by molar-refractivity contribution is -0.119. The fourth-order valence-electron chi connectivity index (χ4n) is 2.07. The van der Waals surface area contributed by atoms with Crippen LogP contribution in [0.4, 0.5) is 14.5 Å². The van der Waals surface area contributed by atoms with E-state index in [-0.39, 0.29) is 23.4 Å². The van der Waals surface area contributed by atoms with Gasteiger partial charge in [-0.25, -0.2) is 8.78 Å². The molecule has 0 spiro atoms. The zero-order valence-corrected chi connectivity index (χ0v) is 14.6. The summed E-state index contributed by atoms with van der Waals surface area (Å²) in [6.45, 7) is 3.72. The van der Waals surface area contributed by atoms with Gasteiger partial charge < -0.3 is 10.6 Å². The largest absolute Gasteiger partial charge is 0.353 e. The summed E-state index contributed by atoms with van der Waals surface area (Å²) in [6.07, 6.45) is 0. The maximum atomic E-state index is 13.7. The van der Waals surface area contributed by atoms with Crippen molar-refractivity contribution in [2.24, 2.45) is 0 Å². The van der Waals surface area contributed by atoms with Crippen molar-refractivity contribution in [3.8, 4) is 0 Å². The van der Waals surface area contributed by atoms with Crippen molar-refractivity contribution in [3.63, 3.8) is 0 Å². The third-order valence-corrected chi connectivity index (χ3v) is 4.19. The van der Waals surface area contributed by atoms with E-state index in [0.717, 1.165) is 12.1 Å². The van der Waals surface area contributed by atoms with Crippen molar-refractivity contribution >= 4 is 29.3 Å². The van der Waals surface area contributed by atoms with Crippen LogP contribution < -0.4 is 10.6 Å². The summed E-state index contributed by atoms with van der Waals surface area (Å²) in [7, 11) is 0. The molecule has 0 radical (unpaired) electrons. The van der Waals surface area contributed by atoms with Crippen LogP contribution in [0.1, 0.15) is 24.2 Å². The molecule has 0 atom stereocenters. The molecule has 0 aliphatic heterocycles. The van der Waals surface area contributed by atoms with Gasteiger partial charge >= 0.3 is 0 Å². The Morgan fingerprint density at radius 3 is 2.52 bits per heavy atom. The molecule has 132 valence electrons. The van der Waals surface area contributed by atoms with Gasteiger partial charge in [0.25, 0.3) is 5.91 Å². The highest BCUT2D eigenvalue weighted by atomic mass is 32.2. The van der Waals surface area contributed by atoms with Crippen LogP contribution in [0.25, 0.3) is 0 Å². The standard InChI is InChI=1S/C18H18F2N2O2S/c1-11(2)21-17(23)10-25-16-6-4-3-5-13(16)18(24)22-15-8-7-12(19)9-14(15)20/h3-9,11H,10H2,1-2H3,(H,21,23)(H,22,24). The summed E-state index contributed by atoms with van der Waals surface area (Å²) >= 11 is 1.22. The van der Waals surface area contributed by atoms with Crippen LogP contribution in [0.3, 0.4) is 0 Å². The van der Waals surface area contributed by atoms with Gasteiger partial charge in [0.15, 0.2) is 0 Å². The smallest absolute Gasteiger partial charge is 0.256 e. The third kappa shape index (κ3) is 5.56. The molecule has 0 bridgehead atoms. The number of anilines is 1. The molecule has 25 heavy (non-hydrogen) atoms. The summed E-state index contributed by atoms with van der Waals surface area (Å²) in [6, 6.07) is 9.68. The van der Waals surface area contributed by atoms with Crippen LogP contribution in [0.5, 0.6) is 0 Å². The molecular weight excluding hydrogens is 346 g/mol. The van der Waals surface area contributed by atoms with Gasteiger partial charge in [-0.1, -0.05) is 12.1 Å². The number of rotatable bonds is 6. The van der Waals surface area contributed by atoms with Gasteiger partial charge in [0.05, 0.1) is 17.0 Å². The van der Waals surface area contributed by atoms with Gasteiger partial charge in [-0.3, -0.25) is 9.59 Å². The molecule has 0 heterocycles. The first-order chi connectivity index (χ1) is 11.9. The van der Waals surface area contributed by atoms with E-state index in [1.165, 1.54) is 11.8 Å². The van der Waals surface area contributed by atoms with E-state index in [0.29, 0.717) is 16.5 Å². The molecule has 2 amide bonds. The molecule has 2 aromatic rings. The minimum absolute atomic E-state index is 0.0353. The van der Waals surface area contributed by atoms with Crippen molar-refractivity contribution in [1.29, 1.82) is 0 Å². The van der Waals surface area contributed by atoms with Gasteiger partial charge in [-0.2, -0.15) is 0 Å². The zero-order valence-electron chi connectivity index (χ0n) is 13.8. The van der Waals surface area contributed by atoms with Crippen LogP contribution in [-0.4, -0.2) is 23.6 Å². The Morgan fingerprint density at radius 1 is 1.12 bits per heavy atom. The summed E-state index contributed by atoms with van der Waals surface area (Å²) in [5, 5.41) is 5.19. The monoisotopic (exact) mass is 364 g/mol. The van der Waals surface area contributed by atoms with E-state index in [1.54, 1.807) is 24.3 Å². The maximum Gasteiger partial charge on any atom is 0.256 e. The Labute approximate surface area is 149 Å². The zero-order chi connectivity index (χ0) is 18.4. The Balaban J connectivity index is 2.10. The molecule has 4 nitrogen and oxygen atoms in total. The van der Waals surface area contributed by atoms with Crippen LogP contribution in [0.15, 0.2) is 47.4 Å². The van der Waals surface area contributed by atoms with Crippen LogP contribution in [0.2, 0.25) is 0 Å². The average Bonchev–Trinajstić information content (AvgIpc) is 2.55. The summed E-state index contributed by atoms with van der Waals surface area (Å²) in [5.41, 5.74) is 0.206. The first-order valence-electron chi connectivity index (χ1n) is 7.64. The molecule has 0 saturated carbocycles. The van der Waals surface area contributed by atoms with Crippen molar-refractivity contribution in [2.45, 2.75) is 24.8 Å². The number of hydrogen-bond donors (Lipinski definition) is 2. The Morgan fingerprint density at radius 2 is 1.84 bits per heavy atom. The molecule has 0 unspecified atom stereocenters. The lowest BCUT2D eigenvalue weighted by Crippen LogP contribution is -2.31. The highest BCUT2D eigenvalue weighted by molar-refractivity contribution is 8.00. The van der Waals surface area contributed by atoms with E-state index in [2.05, 4.69) is 10.6 Å². The Bertz CT molecular complexity index is 781. The van der Waals surface area contributed by atoms with Gasteiger partial charge in [0, 0.05) is 17.0 Å². The highest BCUT2D eigenvalue weighted by Gasteiger charge is 2.15. The Kier molecular flexibility index (Phi) is 6.52. The minimum Gasteiger partial charge on any atom is -0.353 e. The molecule has 0 saturated heterocycles. The second-order valence-corrected chi connectivity index (χ2v) is 6.60. The van der Waals surface area contributed by atoms with Crippen LogP contribution >= 0.6 is 11.8 Å². The van der Waals surface area contributed by atoms with Crippen molar-refractivity contribution in [2.75, 3.05) is 11.1 Å². The quantitative estimate of drug-likeness (QED) is 0.766. The van der Waals surface area contributed by atoms with E-state index in [1.807, 2.05) is 13.8 Å². The second-order valence-electron chi connectivity index (χ2n) is 5.59. The highest BCUT2D eigenvalue weighted by Crippen LogP contribution is 2.24. The average molecular weight is 364 g/mol. The van der Waals surface area contributed by atoms with E-state index in [4.69, 9.17) is 0 Å². The third-order valence-electron chi connectivity index (χ3n) is 3.12. The number of nitrogens with one attached hydrogen (secondary N) is 2. The number of carbonyl (C=O) groups excluding carboxylic acids is 2. The van der Waals surface area contributed by atoms with E-state index >= 15 is 0 Å². The minimum atomic E-state index is -0.852. The molecule has 2 aromatic carbocycles. The summed E-state index contributed by atoms with van der Waals surface area (Å²) in [5.74, 6) is -2.08.